The van der Waals surface area contributed by atoms with Crippen LogP contribution in [0.3, 0.4) is 0 Å². The van der Waals surface area contributed by atoms with E-state index in [4.69, 9.17) is 0 Å². The summed E-state index contributed by atoms with van der Waals surface area (Å²) in [6.07, 6.45) is 5.07. The van der Waals surface area contributed by atoms with Crippen LogP contribution in [0.25, 0.3) is 16.5 Å². The van der Waals surface area contributed by atoms with Crippen LogP contribution in [0.1, 0.15) is 11.1 Å². The maximum absolute atomic E-state index is 12.5. The summed E-state index contributed by atoms with van der Waals surface area (Å²) in [7, 11) is 2.06. The van der Waals surface area contributed by atoms with Crippen LogP contribution in [0.5, 0.6) is 0 Å². The van der Waals surface area contributed by atoms with Gasteiger partial charge >= 0.3 is 5.97 Å². The number of nitrogens with zero attached hydrogens (tertiary/aromatic N) is 1. The number of fused-ring (bicyclic) bond motifs is 2. The second-order valence-electron chi connectivity index (χ2n) is 7.84. The molecule has 0 fully saturated rings. The second kappa shape index (κ2) is 6.54. The highest BCUT2D eigenvalue weighted by molar-refractivity contribution is 7.99. The fourth-order valence-electron chi connectivity index (χ4n) is 4.63. The molecule has 3 aromatic rings. The van der Waals surface area contributed by atoms with E-state index in [1.54, 1.807) is 11.8 Å². The number of H-pyrrole nitrogens is 1. The van der Waals surface area contributed by atoms with Crippen molar-refractivity contribution in [3.63, 3.8) is 0 Å². The molecule has 0 unspecified atom stereocenters. The van der Waals surface area contributed by atoms with Crippen molar-refractivity contribution in [2.75, 3.05) is 19.3 Å². The molecule has 2 atom stereocenters. The van der Waals surface area contributed by atoms with E-state index in [1.165, 1.54) is 16.5 Å². The van der Waals surface area contributed by atoms with Crippen molar-refractivity contribution in [3.05, 3.63) is 71.9 Å². The Labute approximate surface area is 168 Å². The summed E-state index contributed by atoms with van der Waals surface area (Å²) < 4.78 is 0. The minimum Gasteiger partial charge on any atom is -0.481 e. The Balaban J connectivity index is 1.60. The number of carbonyl (C=O) groups is 1. The molecule has 2 heterocycles. The molecule has 0 amide bonds. The number of thioether (sulfide) groups is 1. The van der Waals surface area contributed by atoms with Gasteiger partial charge in [0.05, 0.1) is 0 Å². The Bertz CT molecular complexity index is 1090. The smallest absolute Gasteiger partial charge is 0.315 e. The van der Waals surface area contributed by atoms with Gasteiger partial charge in [0.2, 0.25) is 0 Å². The molecular formula is C23H22N2O2S. The van der Waals surface area contributed by atoms with Gasteiger partial charge in [0, 0.05) is 40.3 Å². The van der Waals surface area contributed by atoms with Crippen molar-refractivity contribution in [1.29, 1.82) is 0 Å². The number of carboxylic acid groups (broad SMARTS) is 1. The Hall–Kier alpha value is -2.50. The first kappa shape index (κ1) is 17.6. The van der Waals surface area contributed by atoms with Gasteiger partial charge in [-0.1, -0.05) is 36.4 Å². The average Bonchev–Trinajstić information content (AvgIpc) is 3.12. The highest BCUT2D eigenvalue weighted by Crippen LogP contribution is 2.45. The number of aliphatic carboxylic acids is 1. The quantitative estimate of drug-likeness (QED) is 0.653. The van der Waals surface area contributed by atoms with Crippen molar-refractivity contribution < 1.29 is 9.90 Å². The maximum atomic E-state index is 12.5. The summed E-state index contributed by atoms with van der Waals surface area (Å²) in [5.74, 6) is -0.233. The molecule has 5 rings (SSSR count). The van der Waals surface area contributed by atoms with Crippen LogP contribution < -0.4 is 0 Å². The summed E-state index contributed by atoms with van der Waals surface area (Å²) in [5.41, 5.74) is 3.87. The number of aromatic amines is 1. The highest BCUT2D eigenvalue weighted by atomic mass is 32.2. The Kier molecular flexibility index (Phi) is 4.11. The molecule has 1 aliphatic heterocycles. The van der Waals surface area contributed by atoms with E-state index in [-0.39, 0.29) is 6.04 Å². The first-order valence-corrected chi connectivity index (χ1v) is 10.5. The third-order valence-corrected chi connectivity index (χ3v) is 7.30. The third-order valence-electron chi connectivity index (χ3n) is 6.03. The van der Waals surface area contributed by atoms with Gasteiger partial charge in [-0.25, -0.2) is 0 Å². The molecule has 1 aliphatic carbocycles. The number of hydrogen-bond donors (Lipinski definition) is 2. The van der Waals surface area contributed by atoms with Gasteiger partial charge < -0.3 is 10.1 Å². The molecule has 2 aliphatic rings. The fraction of sp³-hybridized carbons (Fsp3) is 0.261. The van der Waals surface area contributed by atoms with Crippen molar-refractivity contribution >= 4 is 34.2 Å². The molecular weight excluding hydrogens is 368 g/mol. The van der Waals surface area contributed by atoms with E-state index >= 15 is 0 Å². The standard InChI is InChI=1S/C23H22N2O2S/c1-25-13-23(22(26)27,14-28-16-6-3-2-4-7-16)11-18-17-8-5-9-19-21(17)15(12-24-19)10-20(18)25/h2-9,11-12,20,24H,10,13-14H2,1H3,(H,26,27)/t20-,23-/m1/s1. The first-order chi connectivity index (χ1) is 13.6. The predicted molar refractivity (Wildman–Crippen MR) is 114 cm³/mol. The van der Waals surface area contributed by atoms with E-state index < -0.39 is 11.4 Å². The Morgan fingerprint density at radius 3 is 2.86 bits per heavy atom. The van der Waals surface area contributed by atoms with Crippen LogP contribution >= 0.6 is 11.8 Å². The predicted octanol–water partition coefficient (Wildman–Crippen LogP) is 4.28. The third kappa shape index (κ3) is 2.69. The van der Waals surface area contributed by atoms with E-state index in [0.717, 1.165) is 22.4 Å². The monoisotopic (exact) mass is 390 g/mol. The Morgan fingerprint density at radius 2 is 2.07 bits per heavy atom. The van der Waals surface area contributed by atoms with Crippen LogP contribution in [-0.2, 0) is 11.2 Å². The molecule has 2 N–H and O–H groups in total. The van der Waals surface area contributed by atoms with Crippen LogP contribution in [-0.4, -0.2) is 46.3 Å². The lowest BCUT2D eigenvalue weighted by atomic mass is 9.75. The van der Waals surface area contributed by atoms with Crippen molar-refractivity contribution in [2.24, 2.45) is 5.41 Å². The molecule has 1 aromatic heterocycles. The number of likely N-dealkylation sites (N-methyl/N-ethyl adjacent to an activating group) is 1. The number of carboxylic acids is 1. The van der Waals surface area contributed by atoms with E-state index in [9.17, 15) is 9.90 Å². The number of hydrogen-bond acceptors (Lipinski definition) is 3. The van der Waals surface area contributed by atoms with Crippen LogP contribution in [0.4, 0.5) is 0 Å². The van der Waals surface area contributed by atoms with Gasteiger partial charge in [-0.15, -0.1) is 11.8 Å². The zero-order valence-corrected chi connectivity index (χ0v) is 16.5. The zero-order valence-electron chi connectivity index (χ0n) is 15.7. The van der Waals surface area contributed by atoms with Crippen LogP contribution in [0.2, 0.25) is 0 Å². The Morgan fingerprint density at radius 1 is 1.25 bits per heavy atom. The van der Waals surface area contributed by atoms with Gasteiger partial charge in [-0.3, -0.25) is 9.69 Å². The van der Waals surface area contributed by atoms with Crippen molar-refractivity contribution in [3.8, 4) is 0 Å². The summed E-state index contributed by atoms with van der Waals surface area (Å²) in [5, 5.41) is 11.5. The summed E-state index contributed by atoms with van der Waals surface area (Å²) in [4.78, 5) is 19.2. The summed E-state index contributed by atoms with van der Waals surface area (Å²) in [6.45, 7) is 0.520. The van der Waals surface area contributed by atoms with Crippen molar-refractivity contribution in [1.82, 2.24) is 9.88 Å². The first-order valence-electron chi connectivity index (χ1n) is 9.51. The highest BCUT2D eigenvalue weighted by Gasteiger charge is 2.45. The number of rotatable bonds is 4. The van der Waals surface area contributed by atoms with Gasteiger partial charge in [-0.05, 0) is 48.4 Å². The lowest BCUT2D eigenvalue weighted by Gasteiger charge is -2.44. The van der Waals surface area contributed by atoms with Crippen molar-refractivity contribution in [2.45, 2.75) is 17.4 Å². The molecule has 4 nitrogen and oxygen atoms in total. The topological polar surface area (TPSA) is 56.3 Å². The normalized spacial score (nSPS) is 24.0. The molecule has 28 heavy (non-hydrogen) atoms. The molecule has 0 saturated heterocycles. The number of benzene rings is 2. The van der Waals surface area contributed by atoms with Crippen LogP contribution in [0, 0.1) is 5.41 Å². The molecule has 0 radical (unpaired) electrons. The van der Waals surface area contributed by atoms with E-state index in [0.29, 0.717) is 12.3 Å². The number of aromatic nitrogens is 1. The summed E-state index contributed by atoms with van der Waals surface area (Å²) >= 11 is 1.62. The minimum absolute atomic E-state index is 0.225. The lowest BCUT2D eigenvalue weighted by Crippen LogP contribution is -2.51. The molecule has 0 bridgehead atoms. The molecule has 5 heteroatoms. The minimum atomic E-state index is -0.906. The van der Waals surface area contributed by atoms with Gasteiger partial charge in [0.25, 0.3) is 0 Å². The lowest BCUT2D eigenvalue weighted by molar-refractivity contribution is -0.146. The molecule has 0 saturated carbocycles. The maximum Gasteiger partial charge on any atom is 0.315 e. The largest absolute Gasteiger partial charge is 0.481 e. The molecule has 0 spiro atoms. The molecule has 2 aromatic carbocycles. The van der Waals surface area contributed by atoms with E-state index in [2.05, 4.69) is 47.4 Å². The number of nitrogens with one attached hydrogen (secondary N) is 1. The van der Waals surface area contributed by atoms with Gasteiger partial charge in [0.15, 0.2) is 0 Å². The summed E-state index contributed by atoms with van der Waals surface area (Å²) in [6, 6.07) is 16.5. The van der Waals surface area contributed by atoms with Gasteiger partial charge in [0.1, 0.15) is 5.41 Å². The fourth-order valence-corrected chi connectivity index (χ4v) is 5.70. The van der Waals surface area contributed by atoms with Gasteiger partial charge in [-0.2, -0.15) is 0 Å². The van der Waals surface area contributed by atoms with Crippen LogP contribution in [0.15, 0.2) is 65.7 Å². The average molecular weight is 391 g/mol. The molecule has 142 valence electrons. The zero-order chi connectivity index (χ0) is 19.3. The van der Waals surface area contributed by atoms with E-state index in [1.807, 2.05) is 30.3 Å². The second-order valence-corrected chi connectivity index (χ2v) is 8.89. The SMILES string of the molecule is CN1C[C@](CSc2ccccc2)(C(=O)O)C=C2c3cccc4[nH]cc(c34)C[C@H]21.